The van der Waals surface area contributed by atoms with Gasteiger partial charge in [-0.05, 0) is 56.2 Å². The number of aryl methyl sites for hydroxylation is 1. The molecule has 7 rings (SSSR count). The molecule has 1 N–H and O–H groups in total. The first-order valence-corrected chi connectivity index (χ1v) is 16.4. The summed E-state index contributed by atoms with van der Waals surface area (Å²) in [6.07, 6.45) is 3.64. The molecule has 3 aromatic heterocycles. The summed E-state index contributed by atoms with van der Waals surface area (Å²) in [5.41, 5.74) is 7.43. The zero-order chi connectivity index (χ0) is 31.8. The Kier molecular flexibility index (Phi) is 6.59. The minimum atomic E-state index is -3.69. The lowest BCUT2D eigenvalue weighted by Crippen LogP contribution is -2.25. The van der Waals surface area contributed by atoms with Crippen LogP contribution in [0.25, 0.3) is 55.7 Å². The number of sulfonamides is 1. The molecular formula is C35H31FN4O4S. The Morgan fingerprint density at radius 2 is 1.82 bits per heavy atom. The second-order valence-corrected chi connectivity index (χ2v) is 13.7. The molecule has 0 saturated heterocycles. The van der Waals surface area contributed by atoms with Crippen molar-refractivity contribution in [3.05, 3.63) is 95.4 Å². The van der Waals surface area contributed by atoms with Crippen LogP contribution < -0.4 is 9.62 Å². The van der Waals surface area contributed by atoms with Crippen LogP contribution in [0, 0.1) is 12.7 Å². The second kappa shape index (κ2) is 10.3. The average Bonchev–Trinajstić information content (AvgIpc) is 3.60. The molecule has 1 aliphatic rings. The minimum Gasteiger partial charge on any atom is -0.455 e. The molecule has 45 heavy (non-hydrogen) atoms. The van der Waals surface area contributed by atoms with Gasteiger partial charge in [0.05, 0.1) is 28.7 Å². The first-order chi connectivity index (χ1) is 21.5. The first-order valence-electron chi connectivity index (χ1n) is 14.6. The summed E-state index contributed by atoms with van der Waals surface area (Å²) in [6, 6.07) is 20.0. The quantitative estimate of drug-likeness (QED) is 0.221. The number of pyridine rings is 1. The van der Waals surface area contributed by atoms with Crippen LogP contribution in [-0.2, 0) is 16.4 Å². The van der Waals surface area contributed by atoms with Crippen LogP contribution >= 0.6 is 0 Å². The van der Waals surface area contributed by atoms with Crippen molar-refractivity contribution in [3.63, 3.8) is 0 Å². The standard InChI is InChI=1S/C35H31FN4O4S/c1-19-9-11-21(12-10-19)34-33(35(41)37-3)26-14-25(30(17-32(26)44-34)39(4)45(5,42)43)28-15-23-22(18-38-28)13-20(2)40-29-8-6-7-27(36)24(29)16-31(23)40/h6-12,14-18,20H,13H2,1-5H3,(H,37,41). The van der Waals surface area contributed by atoms with E-state index < -0.39 is 10.0 Å². The third-order valence-corrected chi connectivity index (χ3v) is 9.93. The van der Waals surface area contributed by atoms with Crippen LogP contribution in [0.4, 0.5) is 10.1 Å². The highest BCUT2D eigenvalue weighted by Crippen LogP contribution is 2.44. The number of amides is 1. The van der Waals surface area contributed by atoms with Crippen LogP contribution in [0.1, 0.15) is 34.5 Å². The van der Waals surface area contributed by atoms with Gasteiger partial charge in [-0.25, -0.2) is 12.8 Å². The fourth-order valence-corrected chi connectivity index (χ4v) is 6.88. The van der Waals surface area contributed by atoms with Crippen molar-refractivity contribution in [2.45, 2.75) is 26.3 Å². The maximum absolute atomic E-state index is 14.9. The summed E-state index contributed by atoms with van der Waals surface area (Å²) < 4.78 is 50.2. The van der Waals surface area contributed by atoms with Crippen molar-refractivity contribution >= 4 is 43.5 Å². The third kappa shape index (κ3) is 4.59. The molecule has 228 valence electrons. The van der Waals surface area contributed by atoms with Gasteiger partial charge in [0.1, 0.15) is 17.2 Å². The Morgan fingerprint density at radius 1 is 1.07 bits per heavy atom. The number of hydrogen-bond donors (Lipinski definition) is 1. The molecule has 8 nitrogen and oxygen atoms in total. The molecule has 10 heteroatoms. The lowest BCUT2D eigenvalue weighted by atomic mass is 9.94. The van der Waals surface area contributed by atoms with Crippen molar-refractivity contribution in [1.82, 2.24) is 14.9 Å². The van der Waals surface area contributed by atoms with Crippen molar-refractivity contribution in [2.24, 2.45) is 0 Å². The monoisotopic (exact) mass is 622 g/mol. The highest BCUT2D eigenvalue weighted by Gasteiger charge is 2.29. The molecule has 1 unspecified atom stereocenters. The molecular weight excluding hydrogens is 591 g/mol. The number of nitrogens with one attached hydrogen (secondary N) is 1. The summed E-state index contributed by atoms with van der Waals surface area (Å²) in [5, 5.41) is 3.79. The largest absolute Gasteiger partial charge is 0.455 e. The molecule has 1 atom stereocenters. The number of fused-ring (bicyclic) bond motifs is 6. The van der Waals surface area contributed by atoms with Gasteiger partial charge in [0.15, 0.2) is 0 Å². The zero-order valence-electron chi connectivity index (χ0n) is 25.5. The summed E-state index contributed by atoms with van der Waals surface area (Å²) in [7, 11) is -0.660. The van der Waals surface area contributed by atoms with E-state index in [2.05, 4.69) is 16.8 Å². The van der Waals surface area contributed by atoms with E-state index >= 15 is 0 Å². The Balaban J connectivity index is 1.50. The van der Waals surface area contributed by atoms with Gasteiger partial charge in [0.25, 0.3) is 5.91 Å². The van der Waals surface area contributed by atoms with Gasteiger partial charge in [-0.15, -0.1) is 0 Å². The molecule has 0 radical (unpaired) electrons. The number of aromatic nitrogens is 2. The second-order valence-electron chi connectivity index (χ2n) is 11.7. The SMILES string of the molecule is CNC(=O)c1c(-c2ccc(C)cc2)oc2cc(N(C)S(C)(=O)=O)c(-c3cc4c(cn3)CC(C)n3c-4cc4c(F)cccc43)cc12. The zero-order valence-corrected chi connectivity index (χ0v) is 26.3. The molecule has 0 spiro atoms. The number of hydrogen-bond acceptors (Lipinski definition) is 5. The summed E-state index contributed by atoms with van der Waals surface area (Å²) in [4.78, 5) is 18.1. The highest BCUT2D eigenvalue weighted by atomic mass is 32.2. The molecule has 1 aliphatic heterocycles. The first kappa shape index (κ1) is 28.8. The smallest absolute Gasteiger partial charge is 0.255 e. The number of nitrogens with zero attached hydrogens (tertiary/aromatic N) is 3. The topological polar surface area (TPSA) is 97.4 Å². The number of carbonyl (C=O) groups is 1. The van der Waals surface area contributed by atoms with Gasteiger partial charge >= 0.3 is 0 Å². The van der Waals surface area contributed by atoms with Crippen LogP contribution in [-0.4, -0.2) is 44.2 Å². The Labute approximate surface area is 260 Å². The lowest BCUT2D eigenvalue weighted by Gasteiger charge is -2.27. The summed E-state index contributed by atoms with van der Waals surface area (Å²) in [5.74, 6) is -0.238. The van der Waals surface area contributed by atoms with Crippen molar-refractivity contribution in [2.75, 3.05) is 24.7 Å². The number of benzene rings is 3. The Bertz CT molecular complexity index is 2290. The molecule has 0 bridgehead atoms. The Morgan fingerprint density at radius 3 is 2.53 bits per heavy atom. The molecule has 0 saturated carbocycles. The molecule has 3 aromatic carbocycles. The van der Waals surface area contributed by atoms with Crippen LogP contribution in [0.2, 0.25) is 0 Å². The minimum absolute atomic E-state index is 0.0870. The van der Waals surface area contributed by atoms with Crippen molar-refractivity contribution in [3.8, 4) is 33.8 Å². The van der Waals surface area contributed by atoms with Crippen LogP contribution in [0.5, 0.6) is 0 Å². The van der Waals surface area contributed by atoms with E-state index in [1.807, 2.05) is 49.4 Å². The van der Waals surface area contributed by atoms with Gasteiger partial charge in [-0.3, -0.25) is 14.1 Å². The number of carbonyl (C=O) groups excluding carboxylic acids is 1. The molecule has 4 heterocycles. The number of furan rings is 1. The molecule has 6 aromatic rings. The van der Waals surface area contributed by atoms with Gasteiger partial charge in [0, 0.05) is 65.6 Å². The van der Waals surface area contributed by atoms with Gasteiger partial charge < -0.3 is 14.3 Å². The Hall–Kier alpha value is -4.96. The number of anilines is 1. The van der Waals surface area contributed by atoms with E-state index in [0.29, 0.717) is 51.0 Å². The van der Waals surface area contributed by atoms with Crippen LogP contribution in [0.3, 0.4) is 0 Å². The van der Waals surface area contributed by atoms with E-state index in [9.17, 15) is 17.6 Å². The normalized spacial score (nSPS) is 14.4. The van der Waals surface area contributed by atoms with E-state index in [-0.39, 0.29) is 17.8 Å². The summed E-state index contributed by atoms with van der Waals surface area (Å²) in [6.45, 7) is 4.08. The van der Waals surface area contributed by atoms with Crippen molar-refractivity contribution < 1.29 is 22.0 Å². The van der Waals surface area contributed by atoms with E-state index in [1.54, 1.807) is 31.4 Å². The van der Waals surface area contributed by atoms with Crippen LogP contribution in [0.15, 0.2) is 77.3 Å². The summed E-state index contributed by atoms with van der Waals surface area (Å²) >= 11 is 0. The lowest BCUT2D eigenvalue weighted by molar-refractivity contribution is 0.0964. The predicted molar refractivity (Wildman–Crippen MR) is 176 cm³/mol. The maximum Gasteiger partial charge on any atom is 0.255 e. The van der Waals surface area contributed by atoms with E-state index in [1.165, 1.54) is 17.4 Å². The van der Waals surface area contributed by atoms with E-state index in [4.69, 9.17) is 9.40 Å². The molecule has 1 amide bonds. The highest BCUT2D eigenvalue weighted by molar-refractivity contribution is 7.92. The number of rotatable bonds is 5. The van der Waals surface area contributed by atoms with Gasteiger partial charge in [-0.1, -0.05) is 35.9 Å². The fourth-order valence-electron chi connectivity index (χ4n) is 6.37. The molecule has 0 aliphatic carbocycles. The predicted octanol–water partition coefficient (Wildman–Crippen LogP) is 7.10. The maximum atomic E-state index is 14.9. The van der Waals surface area contributed by atoms with E-state index in [0.717, 1.165) is 39.7 Å². The average molecular weight is 623 g/mol. The van der Waals surface area contributed by atoms with Gasteiger partial charge in [0.2, 0.25) is 10.0 Å². The van der Waals surface area contributed by atoms with Crippen molar-refractivity contribution in [1.29, 1.82) is 0 Å². The fraction of sp³-hybridized carbons (Fsp3) is 0.200. The van der Waals surface area contributed by atoms with Gasteiger partial charge in [-0.2, -0.15) is 0 Å². The third-order valence-electron chi connectivity index (χ3n) is 8.74. The number of halogens is 1. The molecule has 0 fully saturated rings.